The molecule has 0 aromatic heterocycles. The molecule has 2 nitrogen and oxygen atoms in total. The van der Waals surface area contributed by atoms with Crippen LogP contribution >= 0.6 is 0 Å². The van der Waals surface area contributed by atoms with E-state index < -0.39 is 0 Å². The van der Waals surface area contributed by atoms with E-state index in [1.165, 1.54) is 6.42 Å². The van der Waals surface area contributed by atoms with Gasteiger partial charge in [-0.15, -0.1) is 0 Å². The molecule has 0 atom stereocenters. The third-order valence-electron chi connectivity index (χ3n) is 0.992. The van der Waals surface area contributed by atoms with Crippen LogP contribution in [0, 0.1) is 0 Å². The van der Waals surface area contributed by atoms with Gasteiger partial charge in [0, 0.05) is 13.6 Å². The van der Waals surface area contributed by atoms with Crippen LogP contribution in [0.5, 0.6) is 0 Å². The molecule has 0 amide bonds. The molecule has 0 aromatic rings. The van der Waals surface area contributed by atoms with E-state index in [1.807, 2.05) is 6.08 Å². The highest BCUT2D eigenvalue weighted by Gasteiger charge is 1.81. The van der Waals surface area contributed by atoms with Gasteiger partial charge in [-0.05, 0) is 6.42 Å². The fraction of sp³-hybridized carbons (Fsp3) is 0.714. The lowest BCUT2D eigenvalue weighted by atomic mass is 10.3. The monoisotopic (exact) mass is 129 g/mol. The van der Waals surface area contributed by atoms with Crippen LogP contribution in [0.15, 0.2) is 12.2 Å². The molecule has 0 unspecified atom stereocenters. The molecule has 0 spiro atoms. The fourth-order valence-corrected chi connectivity index (χ4v) is 0.512. The molecule has 1 N–H and O–H groups in total. The van der Waals surface area contributed by atoms with Crippen molar-refractivity contribution in [1.29, 1.82) is 0 Å². The Bertz CT molecular complexity index is 79.0. The van der Waals surface area contributed by atoms with Crippen molar-refractivity contribution in [2.24, 2.45) is 0 Å². The van der Waals surface area contributed by atoms with Gasteiger partial charge in [-0.1, -0.05) is 25.5 Å². The number of hydrogen-bond donors (Lipinski definition) is 1. The molecule has 9 heavy (non-hydrogen) atoms. The average molecular weight is 129 g/mol. The number of likely N-dealkylation sites (N-methyl/N-ethyl adjacent to an activating group) is 1. The maximum atomic E-state index is 8.63. The molecule has 0 aliphatic heterocycles. The third kappa shape index (κ3) is 7.66. The second-order valence-electron chi connectivity index (χ2n) is 2.10. The zero-order valence-electron chi connectivity index (χ0n) is 6.17. The van der Waals surface area contributed by atoms with Crippen LogP contribution in [0.2, 0.25) is 0 Å². The molecule has 0 aliphatic carbocycles. The SMILES string of the molecule is CCC/C=C/CN(C)O. The first-order valence-electron chi connectivity index (χ1n) is 3.32. The first-order chi connectivity index (χ1) is 4.27. The largest absolute Gasteiger partial charge is 0.314 e. The Morgan fingerprint density at radius 1 is 1.44 bits per heavy atom. The van der Waals surface area contributed by atoms with Crippen LogP contribution < -0.4 is 0 Å². The molecular weight excluding hydrogens is 114 g/mol. The summed E-state index contributed by atoms with van der Waals surface area (Å²) < 4.78 is 0. The minimum atomic E-state index is 0.625. The van der Waals surface area contributed by atoms with Crippen LogP contribution in [0.25, 0.3) is 0 Å². The van der Waals surface area contributed by atoms with Gasteiger partial charge in [0.2, 0.25) is 0 Å². The van der Waals surface area contributed by atoms with E-state index >= 15 is 0 Å². The van der Waals surface area contributed by atoms with Crippen molar-refractivity contribution in [3.8, 4) is 0 Å². The highest BCUT2D eigenvalue weighted by Crippen LogP contribution is 1.87. The molecule has 0 radical (unpaired) electrons. The van der Waals surface area contributed by atoms with Gasteiger partial charge >= 0.3 is 0 Å². The van der Waals surface area contributed by atoms with Crippen molar-refractivity contribution in [2.75, 3.05) is 13.6 Å². The van der Waals surface area contributed by atoms with E-state index in [2.05, 4.69) is 13.0 Å². The number of hydroxylamine groups is 2. The van der Waals surface area contributed by atoms with Crippen LogP contribution in [0.1, 0.15) is 19.8 Å². The van der Waals surface area contributed by atoms with Gasteiger partial charge in [0.15, 0.2) is 0 Å². The standard InChI is InChI=1S/C7H15NO/c1-3-4-5-6-7-8(2)9/h5-6,9H,3-4,7H2,1-2H3/b6-5+. The van der Waals surface area contributed by atoms with Crippen LogP contribution in [0.3, 0.4) is 0 Å². The summed E-state index contributed by atoms with van der Waals surface area (Å²) in [5, 5.41) is 9.79. The van der Waals surface area contributed by atoms with Gasteiger partial charge in [0.05, 0.1) is 0 Å². The summed E-state index contributed by atoms with van der Waals surface area (Å²) in [7, 11) is 1.64. The van der Waals surface area contributed by atoms with Gasteiger partial charge in [-0.2, -0.15) is 5.06 Å². The molecule has 0 aliphatic rings. The number of rotatable bonds is 4. The van der Waals surface area contributed by atoms with E-state index in [0.717, 1.165) is 11.5 Å². The second-order valence-corrected chi connectivity index (χ2v) is 2.10. The zero-order valence-corrected chi connectivity index (χ0v) is 6.17. The Kier molecular flexibility index (Phi) is 5.57. The highest BCUT2D eigenvalue weighted by molar-refractivity contribution is 4.82. The summed E-state index contributed by atoms with van der Waals surface area (Å²) in [4.78, 5) is 0. The predicted octanol–water partition coefficient (Wildman–Crippen LogP) is 1.66. The lowest BCUT2D eigenvalue weighted by molar-refractivity contribution is -0.0534. The summed E-state index contributed by atoms with van der Waals surface area (Å²) in [5.41, 5.74) is 0. The molecule has 0 aromatic carbocycles. The smallest absolute Gasteiger partial charge is 0.0415 e. The molecular formula is C7H15NO. The number of unbranched alkanes of at least 4 members (excludes halogenated alkanes) is 1. The minimum absolute atomic E-state index is 0.625. The predicted molar refractivity (Wildman–Crippen MR) is 38.5 cm³/mol. The lowest BCUT2D eigenvalue weighted by Crippen LogP contribution is -2.11. The van der Waals surface area contributed by atoms with E-state index in [1.54, 1.807) is 7.05 Å². The molecule has 2 heteroatoms. The maximum Gasteiger partial charge on any atom is 0.0415 e. The summed E-state index contributed by atoms with van der Waals surface area (Å²) in [5.74, 6) is 0. The Morgan fingerprint density at radius 2 is 2.11 bits per heavy atom. The van der Waals surface area contributed by atoms with Gasteiger partial charge in [-0.25, -0.2) is 0 Å². The Balaban J connectivity index is 3.04. The van der Waals surface area contributed by atoms with Gasteiger partial charge in [0.1, 0.15) is 0 Å². The molecule has 0 saturated carbocycles. The molecule has 0 rings (SSSR count). The summed E-state index contributed by atoms with van der Waals surface area (Å²) in [6.45, 7) is 2.76. The maximum absolute atomic E-state index is 8.63. The first-order valence-corrected chi connectivity index (χ1v) is 3.32. The van der Waals surface area contributed by atoms with E-state index in [-0.39, 0.29) is 0 Å². The Labute approximate surface area is 56.7 Å². The number of nitrogens with zero attached hydrogens (tertiary/aromatic N) is 1. The number of hydrogen-bond acceptors (Lipinski definition) is 2. The average Bonchev–Trinajstić information content (AvgIpc) is 1.80. The van der Waals surface area contributed by atoms with Crippen LogP contribution in [-0.4, -0.2) is 23.9 Å². The molecule has 54 valence electrons. The minimum Gasteiger partial charge on any atom is -0.314 e. The van der Waals surface area contributed by atoms with Crippen molar-refractivity contribution >= 4 is 0 Å². The van der Waals surface area contributed by atoms with Crippen molar-refractivity contribution in [2.45, 2.75) is 19.8 Å². The van der Waals surface area contributed by atoms with E-state index in [9.17, 15) is 0 Å². The molecule has 0 heterocycles. The number of allylic oxidation sites excluding steroid dienone is 1. The zero-order chi connectivity index (χ0) is 7.11. The van der Waals surface area contributed by atoms with Crippen molar-refractivity contribution in [1.82, 2.24) is 5.06 Å². The van der Waals surface area contributed by atoms with E-state index in [4.69, 9.17) is 5.21 Å². The lowest BCUT2D eigenvalue weighted by Gasteiger charge is -2.00. The molecule has 0 fully saturated rings. The van der Waals surface area contributed by atoms with Crippen LogP contribution in [-0.2, 0) is 0 Å². The molecule has 0 bridgehead atoms. The second kappa shape index (κ2) is 5.79. The summed E-state index contributed by atoms with van der Waals surface area (Å²) >= 11 is 0. The third-order valence-corrected chi connectivity index (χ3v) is 0.992. The first kappa shape index (κ1) is 8.66. The van der Waals surface area contributed by atoms with Gasteiger partial charge in [-0.3, -0.25) is 0 Å². The van der Waals surface area contributed by atoms with Gasteiger partial charge in [0.25, 0.3) is 0 Å². The summed E-state index contributed by atoms with van der Waals surface area (Å²) in [6, 6.07) is 0. The van der Waals surface area contributed by atoms with Gasteiger partial charge < -0.3 is 5.21 Å². The Morgan fingerprint density at radius 3 is 2.56 bits per heavy atom. The fourth-order valence-electron chi connectivity index (χ4n) is 0.512. The van der Waals surface area contributed by atoms with Crippen molar-refractivity contribution in [3.05, 3.63) is 12.2 Å². The Hall–Kier alpha value is -0.340. The van der Waals surface area contributed by atoms with Crippen molar-refractivity contribution in [3.63, 3.8) is 0 Å². The normalized spacial score (nSPS) is 11.6. The topological polar surface area (TPSA) is 23.5 Å². The quantitative estimate of drug-likeness (QED) is 0.461. The van der Waals surface area contributed by atoms with Crippen molar-refractivity contribution < 1.29 is 5.21 Å². The highest BCUT2D eigenvalue weighted by atomic mass is 16.5. The molecule has 0 saturated heterocycles. The summed E-state index contributed by atoms with van der Waals surface area (Å²) in [6.07, 6.45) is 6.32. The van der Waals surface area contributed by atoms with E-state index in [0.29, 0.717) is 6.54 Å². The van der Waals surface area contributed by atoms with Crippen LogP contribution in [0.4, 0.5) is 0 Å².